The van der Waals surface area contributed by atoms with Crippen LogP contribution in [0.25, 0.3) is 22.3 Å². The van der Waals surface area contributed by atoms with Gasteiger partial charge in [-0.15, -0.1) is 5.92 Å². The third-order valence-corrected chi connectivity index (χ3v) is 4.63. The molecule has 0 amide bonds. The minimum atomic E-state index is -0.822. The fourth-order valence-electron chi connectivity index (χ4n) is 3.10. The normalized spacial score (nSPS) is 10.4. The van der Waals surface area contributed by atoms with Crippen molar-refractivity contribution in [1.29, 1.82) is 0 Å². The third-order valence-electron chi connectivity index (χ3n) is 4.63. The molecule has 0 N–H and O–H groups in total. The number of hydrogen-bond acceptors (Lipinski definition) is 0. The van der Waals surface area contributed by atoms with Gasteiger partial charge in [-0.2, -0.15) is 0 Å². The molecule has 0 aliphatic rings. The van der Waals surface area contributed by atoms with E-state index >= 15 is 0 Å². The van der Waals surface area contributed by atoms with Gasteiger partial charge >= 0.3 is 0 Å². The fourth-order valence-corrected chi connectivity index (χ4v) is 3.10. The minimum Gasteiger partial charge on any atom is -0.203 e. The Kier molecular flexibility index (Phi) is 6.04. The van der Waals surface area contributed by atoms with E-state index in [0.29, 0.717) is 11.1 Å². The second-order valence-corrected chi connectivity index (χ2v) is 6.54. The SMILES string of the molecule is CC#Cc1ccc(-c2ccc(-c3ccc(CCCC)cc3)c(F)c2F)cc1. The highest BCUT2D eigenvalue weighted by molar-refractivity contribution is 5.72. The zero-order valence-corrected chi connectivity index (χ0v) is 15.7. The van der Waals surface area contributed by atoms with Crippen molar-refractivity contribution < 1.29 is 8.78 Å². The van der Waals surface area contributed by atoms with Crippen LogP contribution in [0.15, 0.2) is 60.7 Å². The van der Waals surface area contributed by atoms with Crippen molar-refractivity contribution in [2.24, 2.45) is 0 Å². The molecule has 0 atom stereocenters. The number of hydrogen-bond donors (Lipinski definition) is 0. The molecule has 0 saturated carbocycles. The van der Waals surface area contributed by atoms with Gasteiger partial charge in [0.2, 0.25) is 0 Å². The van der Waals surface area contributed by atoms with Crippen LogP contribution in [-0.4, -0.2) is 0 Å². The largest absolute Gasteiger partial charge is 0.203 e. The van der Waals surface area contributed by atoms with Crippen LogP contribution in [0.5, 0.6) is 0 Å². The standard InChI is InChI=1S/C25H22F2/c1-3-5-7-19-10-14-21(15-11-19)23-17-16-22(24(26)25(23)27)20-12-8-18(6-4-2)9-13-20/h8-17H,3,5,7H2,1-2H3. The molecule has 3 aromatic rings. The molecule has 0 radical (unpaired) electrons. The quantitative estimate of drug-likeness (QED) is 0.429. The molecule has 0 aliphatic heterocycles. The highest BCUT2D eigenvalue weighted by Crippen LogP contribution is 2.31. The summed E-state index contributed by atoms with van der Waals surface area (Å²) in [6, 6.07) is 18.1. The van der Waals surface area contributed by atoms with E-state index in [1.807, 2.05) is 36.4 Å². The minimum absolute atomic E-state index is 0.256. The maximum absolute atomic E-state index is 14.7. The van der Waals surface area contributed by atoms with Crippen LogP contribution in [0, 0.1) is 23.5 Å². The molecule has 27 heavy (non-hydrogen) atoms. The number of unbranched alkanes of at least 4 members (excludes halogenated alkanes) is 1. The van der Waals surface area contributed by atoms with Crippen LogP contribution in [-0.2, 0) is 6.42 Å². The molecule has 0 aromatic heterocycles. The van der Waals surface area contributed by atoms with Crippen LogP contribution in [0.3, 0.4) is 0 Å². The average Bonchev–Trinajstić information content (AvgIpc) is 2.70. The molecule has 3 rings (SSSR count). The van der Waals surface area contributed by atoms with Gasteiger partial charge in [-0.3, -0.25) is 0 Å². The lowest BCUT2D eigenvalue weighted by Crippen LogP contribution is -1.94. The number of benzene rings is 3. The number of rotatable bonds is 5. The Morgan fingerprint density at radius 2 is 1.26 bits per heavy atom. The summed E-state index contributed by atoms with van der Waals surface area (Å²) in [5, 5.41) is 0. The molecule has 0 saturated heterocycles. The van der Waals surface area contributed by atoms with Crippen LogP contribution in [0.4, 0.5) is 8.78 Å². The molecule has 0 spiro atoms. The number of halogens is 2. The summed E-state index contributed by atoms with van der Waals surface area (Å²) in [5.74, 6) is 4.13. The van der Waals surface area contributed by atoms with E-state index in [-0.39, 0.29) is 11.1 Å². The van der Waals surface area contributed by atoms with Crippen LogP contribution in [0.2, 0.25) is 0 Å². The lowest BCUT2D eigenvalue weighted by atomic mass is 9.97. The van der Waals surface area contributed by atoms with Crippen molar-refractivity contribution >= 4 is 0 Å². The Morgan fingerprint density at radius 3 is 1.74 bits per heavy atom. The van der Waals surface area contributed by atoms with Gasteiger partial charge in [-0.1, -0.05) is 67.8 Å². The van der Waals surface area contributed by atoms with Gasteiger partial charge in [0, 0.05) is 16.7 Å². The smallest absolute Gasteiger partial charge is 0.167 e. The molecule has 136 valence electrons. The van der Waals surface area contributed by atoms with E-state index in [4.69, 9.17) is 0 Å². The second kappa shape index (κ2) is 8.64. The monoisotopic (exact) mass is 360 g/mol. The molecule has 0 heterocycles. The highest BCUT2D eigenvalue weighted by atomic mass is 19.2. The maximum atomic E-state index is 14.7. The van der Waals surface area contributed by atoms with Crippen LogP contribution < -0.4 is 0 Å². The topological polar surface area (TPSA) is 0 Å². The van der Waals surface area contributed by atoms with E-state index in [1.54, 1.807) is 31.2 Å². The van der Waals surface area contributed by atoms with E-state index in [9.17, 15) is 8.78 Å². The van der Waals surface area contributed by atoms with Gasteiger partial charge in [0.05, 0.1) is 0 Å². The van der Waals surface area contributed by atoms with Crippen molar-refractivity contribution in [3.05, 3.63) is 83.4 Å². The number of aryl methyl sites for hydroxylation is 1. The predicted molar refractivity (Wildman–Crippen MR) is 108 cm³/mol. The fraction of sp³-hybridized carbons (Fsp3) is 0.200. The summed E-state index contributed by atoms with van der Waals surface area (Å²) < 4.78 is 29.5. The van der Waals surface area contributed by atoms with Gasteiger partial charge in [-0.05, 0) is 48.6 Å². The zero-order valence-electron chi connectivity index (χ0n) is 15.7. The van der Waals surface area contributed by atoms with Crippen molar-refractivity contribution in [3.63, 3.8) is 0 Å². The highest BCUT2D eigenvalue weighted by Gasteiger charge is 2.16. The summed E-state index contributed by atoms with van der Waals surface area (Å²) in [4.78, 5) is 0. The summed E-state index contributed by atoms with van der Waals surface area (Å²) in [6.07, 6.45) is 3.26. The van der Waals surface area contributed by atoms with Crippen LogP contribution >= 0.6 is 0 Å². The molecular weight excluding hydrogens is 338 g/mol. The van der Waals surface area contributed by atoms with Gasteiger partial charge in [0.1, 0.15) is 0 Å². The van der Waals surface area contributed by atoms with Crippen molar-refractivity contribution in [2.45, 2.75) is 33.1 Å². The van der Waals surface area contributed by atoms with E-state index in [1.165, 1.54) is 5.56 Å². The third kappa shape index (κ3) is 4.26. The predicted octanol–water partition coefficient (Wildman–Crippen LogP) is 7.01. The van der Waals surface area contributed by atoms with Gasteiger partial charge < -0.3 is 0 Å². The van der Waals surface area contributed by atoms with Crippen LogP contribution in [0.1, 0.15) is 37.8 Å². The molecule has 0 bridgehead atoms. The molecule has 0 nitrogen and oxygen atoms in total. The Hall–Kier alpha value is -2.92. The van der Waals surface area contributed by atoms with Gasteiger partial charge in [0.25, 0.3) is 0 Å². The molecule has 2 heteroatoms. The Labute approximate surface area is 159 Å². The summed E-state index contributed by atoms with van der Waals surface area (Å²) in [5.41, 5.74) is 3.93. The Balaban J connectivity index is 1.91. The van der Waals surface area contributed by atoms with Crippen molar-refractivity contribution in [2.75, 3.05) is 0 Å². The molecule has 3 aromatic carbocycles. The molecule has 0 unspecified atom stereocenters. The van der Waals surface area contributed by atoms with Crippen molar-refractivity contribution in [3.8, 4) is 34.1 Å². The average molecular weight is 360 g/mol. The summed E-state index contributed by atoms with van der Waals surface area (Å²) >= 11 is 0. The summed E-state index contributed by atoms with van der Waals surface area (Å²) in [7, 11) is 0. The molecule has 0 fully saturated rings. The maximum Gasteiger partial charge on any atom is 0.167 e. The lowest BCUT2D eigenvalue weighted by Gasteiger charge is -2.10. The van der Waals surface area contributed by atoms with E-state index < -0.39 is 11.6 Å². The van der Waals surface area contributed by atoms with Crippen molar-refractivity contribution in [1.82, 2.24) is 0 Å². The Bertz CT molecular complexity index is 972. The summed E-state index contributed by atoms with van der Waals surface area (Å²) in [6.45, 7) is 3.91. The first-order valence-electron chi connectivity index (χ1n) is 9.24. The molecular formula is C25H22F2. The Morgan fingerprint density at radius 1 is 0.741 bits per heavy atom. The van der Waals surface area contributed by atoms with E-state index in [2.05, 4.69) is 18.8 Å². The first-order valence-corrected chi connectivity index (χ1v) is 9.24. The van der Waals surface area contributed by atoms with Gasteiger partial charge in [-0.25, -0.2) is 8.78 Å². The first kappa shape index (κ1) is 18.9. The second-order valence-electron chi connectivity index (χ2n) is 6.54. The lowest BCUT2D eigenvalue weighted by molar-refractivity contribution is 0.514. The molecule has 0 aliphatic carbocycles. The van der Waals surface area contributed by atoms with Gasteiger partial charge in [0.15, 0.2) is 11.6 Å². The zero-order chi connectivity index (χ0) is 19.2. The van der Waals surface area contributed by atoms with E-state index in [0.717, 1.165) is 24.8 Å². The first-order chi connectivity index (χ1) is 13.1.